The molecule has 3 heterocycles. The van der Waals surface area contributed by atoms with E-state index in [1.54, 1.807) is 0 Å². The molecule has 0 saturated heterocycles. The van der Waals surface area contributed by atoms with E-state index in [0.717, 1.165) is 72.7 Å². The number of benzene rings is 9. The Morgan fingerprint density at radius 2 is 0.968 bits per heavy atom. The van der Waals surface area contributed by atoms with Gasteiger partial charge in [0, 0.05) is 55.9 Å². The summed E-state index contributed by atoms with van der Waals surface area (Å²) in [5.41, 5.74) is 16.7. The molecular weight excluding hydrogens is 757 g/mol. The molecule has 12 aromatic rings. The summed E-state index contributed by atoms with van der Waals surface area (Å²) in [6.45, 7) is 0. The Balaban J connectivity index is 1.05. The molecule has 0 spiro atoms. The lowest BCUT2D eigenvalue weighted by Crippen LogP contribution is -2.07. The van der Waals surface area contributed by atoms with Crippen LogP contribution in [0, 0.1) is 0 Å². The van der Waals surface area contributed by atoms with E-state index in [2.05, 4.69) is 209 Å². The van der Waals surface area contributed by atoms with Gasteiger partial charge in [-0.3, -0.25) is 4.57 Å². The van der Waals surface area contributed by atoms with Gasteiger partial charge in [0.1, 0.15) is 11.2 Å². The Morgan fingerprint density at radius 1 is 0.371 bits per heavy atom. The van der Waals surface area contributed by atoms with Gasteiger partial charge in [-0.15, -0.1) is 10.2 Å². The van der Waals surface area contributed by atoms with Crippen molar-refractivity contribution >= 4 is 43.7 Å². The summed E-state index contributed by atoms with van der Waals surface area (Å²) in [7, 11) is 0. The maximum absolute atomic E-state index is 6.50. The van der Waals surface area contributed by atoms with Gasteiger partial charge in [-0.2, -0.15) is 0 Å². The molecule has 0 N–H and O–H groups in total. The zero-order valence-electron chi connectivity index (χ0n) is 33.5. The predicted octanol–water partition coefficient (Wildman–Crippen LogP) is 14.4. The van der Waals surface area contributed by atoms with E-state index in [1.165, 1.54) is 44.2 Å². The van der Waals surface area contributed by atoms with Gasteiger partial charge in [-0.1, -0.05) is 170 Å². The minimum absolute atomic E-state index is 0.0870. The molecule has 1 aliphatic carbocycles. The third kappa shape index (κ3) is 5.09. The van der Waals surface area contributed by atoms with Crippen molar-refractivity contribution in [2.24, 2.45) is 0 Å². The highest BCUT2D eigenvalue weighted by molar-refractivity contribution is 6.17. The largest absolute Gasteiger partial charge is 0.456 e. The number of rotatable bonds is 6. The van der Waals surface area contributed by atoms with Gasteiger partial charge in [-0.05, 0) is 69.8 Å². The van der Waals surface area contributed by atoms with Crippen LogP contribution in [-0.2, 0) is 0 Å². The van der Waals surface area contributed by atoms with Gasteiger partial charge >= 0.3 is 0 Å². The minimum Gasteiger partial charge on any atom is -0.456 e. The highest BCUT2D eigenvalue weighted by atomic mass is 16.3. The Morgan fingerprint density at radius 3 is 1.77 bits per heavy atom. The van der Waals surface area contributed by atoms with Crippen LogP contribution in [0.4, 0.5) is 0 Å². The summed E-state index contributed by atoms with van der Waals surface area (Å²) >= 11 is 0. The molecule has 3 aromatic heterocycles. The zero-order valence-corrected chi connectivity index (χ0v) is 33.5. The van der Waals surface area contributed by atoms with Crippen LogP contribution >= 0.6 is 0 Å². The normalized spacial score (nSPS) is 13.3. The second-order valence-corrected chi connectivity index (χ2v) is 16.1. The monoisotopic (exact) mass is 792 g/mol. The molecule has 0 fully saturated rings. The first-order valence-corrected chi connectivity index (χ1v) is 21.1. The predicted molar refractivity (Wildman–Crippen MR) is 252 cm³/mol. The van der Waals surface area contributed by atoms with Crippen LogP contribution in [-0.4, -0.2) is 19.3 Å². The summed E-state index contributed by atoms with van der Waals surface area (Å²) in [6, 6.07) is 75.8. The van der Waals surface area contributed by atoms with Gasteiger partial charge in [0.2, 0.25) is 0 Å². The molecule has 5 nitrogen and oxygen atoms in total. The average Bonchev–Trinajstić information content (AvgIpc) is 4.11. The number of fused-ring (bicyclic) bond motifs is 9. The van der Waals surface area contributed by atoms with Crippen LogP contribution in [0.15, 0.2) is 217 Å². The molecule has 290 valence electrons. The van der Waals surface area contributed by atoms with E-state index < -0.39 is 0 Å². The van der Waals surface area contributed by atoms with Gasteiger partial charge in [0.25, 0.3) is 0 Å². The molecule has 62 heavy (non-hydrogen) atoms. The fourth-order valence-corrected chi connectivity index (χ4v) is 10.2. The van der Waals surface area contributed by atoms with Crippen molar-refractivity contribution < 1.29 is 4.42 Å². The highest BCUT2D eigenvalue weighted by Crippen LogP contribution is 2.54. The number of hydrogen-bond donors (Lipinski definition) is 0. The molecule has 1 aliphatic rings. The molecule has 1 atom stereocenters. The first-order chi connectivity index (χ1) is 30.8. The van der Waals surface area contributed by atoms with Crippen LogP contribution in [0.25, 0.3) is 100 Å². The van der Waals surface area contributed by atoms with Gasteiger partial charge < -0.3 is 8.98 Å². The quantitative estimate of drug-likeness (QED) is 0.168. The van der Waals surface area contributed by atoms with Crippen molar-refractivity contribution in [2.45, 2.75) is 5.92 Å². The molecule has 1 unspecified atom stereocenters. The van der Waals surface area contributed by atoms with E-state index in [0.29, 0.717) is 0 Å². The first-order valence-electron chi connectivity index (χ1n) is 21.1. The number of hydrogen-bond acceptors (Lipinski definition) is 3. The molecule has 0 saturated carbocycles. The van der Waals surface area contributed by atoms with Crippen LogP contribution in [0.2, 0.25) is 0 Å². The maximum Gasteiger partial charge on any atom is 0.169 e. The van der Waals surface area contributed by atoms with Crippen molar-refractivity contribution in [2.75, 3.05) is 0 Å². The van der Waals surface area contributed by atoms with Crippen LogP contribution in [0.1, 0.15) is 22.6 Å². The van der Waals surface area contributed by atoms with Crippen LogP contribution < -0.4 is 0 Å². The smallest absolute Gasteiger partial charge is 0.169 e. The van der Waals surface area contributed by atoms with Crippen LogP contribution in [0.5, 0.6) is 0 Å². The summed E-state index contributed by atoms with van der Waals surface area (Å²) in [5.74, 6) is 1.53. The molecule has 0 amide bonds. The topological polar surface area (TPSA) is 48.8 Å². The molecule has 0 radical (unpaired) electrons. The van der Waals surface area contributed by atoms with E-state index in [1.807, 2.05) is 12.1 Å². The Hall–Kier alpha value is -8.28. The lowest BCUT2D eigenvalue weighted by molar-refractivity contribution is 0.669. The number of para-hydroxylation sites is 4. The molecule has 0 bridgehead atoms. The van der Waals surface area contributed by atoms with Crippen molar-refractivity contribution in [1.82, 2.24) is 19.3 Å². The van der Waals surface area contributed by atoms with E-state index in [9.17, 15) is 0 Å². The third-order valence-corrected chi connectivity index (χ3v) is 12.8. The van der Waals surface area contributed by atoms with Gasteiger partial charge in [0.05, 0.1) is 16.7 Å². The molecule has 13 rings (SSSR count). The lowest BCUT2D eigenvalue weighted by Gasteiger charge is -2.23. The van der Waals surface area contributed by atoms with Gasteiger partial charge in [0.15, 0.2) is 11.6 Å². The van der Waals surface area contributed by atoms with Crippen molar-refractivity contribution in [1.29, 1.82) is 0 Å². The number of nitrogens with zero attached hydrogens (tertiary/aromatic N) is 4. The van der Waals surface area contributed by atoms with Crippen molar-refractivity contribution in [3.05, 3.63) is 229 Å². The summed E-state index contributed by atoms with van der Waals surface area (Å²) in [4.78, 5) is 0. The standard InChI is InChI=1S/C57H36N4O/c1-3-18-36(19-4-1)56-58-59-57(60(56)37-20-5-2-6-21-37)46-30-17-29-45-39-23-8-10-28-44(39)54(55(45)46)43-27-9-7-22-38(43)40-24-11-14-31-49(40)61-50-32-15-12-25-41(50)47-34-48-42-26-13-16-33-52(42)62-53(48)35-51(47)61/h1-35,54H. The number of aromatic nitrogens is 4. The Kier molecular flexibility index (Phi) is 7.60. The Bertz CT molecular complexity index is 3710. The second kappa shape index (κ2) is 13.6. The molecule has 5 heteroatoms. The maximum atomic E-state index is 6.50. The second-order valence-electron chi connectivity index (χ2n) is 16.1. The van der Waals surface area contributed by atoms with E-state index >= 15 is 0 Å². The van der Waals surface area contributed by atoms with Crippen LogP contribution in [0.3, 0.4) is 0 Å². The minimum atomic E-state index is -0.0870. The van der Waals surface area contributed by atoms with E-state index in [-0.39, 0.29) is 5.92 Å². The molecule has 9 aromatic carbocycles. The summed E-state index contributed by atoms with van der Waals surface area (Å²) in [6.07, 6.45) is 0. The average molecular weight is 793 g/mol. The van der Waals surface area contributed by atoms with Crippen molar-refractivity contribution in [3.8, 4) is 56.4 Å². The SMILES string of the molecule is c1ccc(-c2nnc(-c3cccc4c3C(c3ccccc3-c3ccccc3-n3c5ccccc5c5cc6c(cc53)oc3ccccc36)c3ccccc3-4)n2-c2ccccc2)cc1. The van der Waals surface area contributed by atoms with Gasteiger partial charge in [-0.25, -0.2) is 0 Å². The van der Waals surface area contributed by atoms with E-state index in [4.69, 9.17) is 14.6 Å². The fraction of sp³-hybridized carbons (Fsp3) is 0.0175. The Labute approximate surface area is 357 Å². The fourth-order valence-electron chi connectivity index (χ4n) is 10.2. The third-order valence-electron chi connectivity index (χ3n) is 12.8. The number of furan rings is 1. The first kappa shape index (κ1) is 34.6. The van der Waals surface area contributed by atoms with Crippen molar-refractivity contribution in [3.63, 3.8) is 0 Å². The highest BCUT2D eigenvalue weighted by Gasteiger charge is 2.35. The molecular formula is C57H36N4O. The molecule has 0 aliphatic heterocycles. The summed E-state index contributed by atoms with van der Waals surface area (Å²) in [5, 5.41) is 14.6. The summed E-state index contributed by atoms with van der Waals surface area (Å²) < 4.78 is 11.1. The zero-order chi connectivity index (χ0) is 40.7. The lowest BCUT2D eigenvalue weighted by atomic mass is 9.82.